The van der Waals surface area contributed by atoms with Crippen molar-refractivity contribution in [1.82, 2.24) is 0 Å². The lowest BCUT2D eigenvalue weighted by atomic mass is 9.96. The molecule has 0 unspecified atom stereocenters. The normalized spacial score (nSPS) is 43.6. The average Bonchev–Trinajstić information content (AvgIpc) is 2.81. The maximum absolute atomic E-state index is 9.15. The maximum atomic E-state index is 9.15. The van der Waals surface area contributed by atoms with Crippen LogP contribution in [-0.2, 0) is 9.47 Å². The van der Waals surface area contributed by atoms with Crippen molar-refractivity contribution >= 4 is 15.7 Å². The molecular formula is C11H20B2O5. The summed E-state index contributed by atoms with van der Waals surface area (Å²) >= 11 is 0. The largest absolute Gasteiger partial charge is 0.394 e. The maximum Gasteiger partial charge on any atom is 0.109 e. The van der Waals surface area contributed by atoms with E-state index in [4.69, 9.17) is 40.5 Å². The summed E-state index contributed by atoms with van der Waals surface area (Å²) in [5.41, 5.74) is 0. The van der Waals surface area contributed by atoms with Crippen LogP contribution in [0.15, 0.2) is 0 Å². The van der Waals surface area contributed by atoms with Crippen molar-refractivity contribution in [2.45, 2.75) is 62.6 Å². The zero-order valence-electron chi connectivity index (χ0n) is 10.6. The first-order valence-corrected chi connectivity index (χ1v) is 6.27. The van der Waals surface area contributed by atoms with Gasteiger partial charge in [0.25, 0.3) is 0 Å². The second-order valence-electron chi connectivity index (χ2n) is 4.62. The third-order valence-corrected chi connectivity index (χ3v) is 3.09. The van der Waals surface area contributed by atoms with Gasteiger partial charge in [0.2, 0.25) is 0 Å². The molecule has 100 valence electrons. The molecule has 2 fully saturated rings. The van der Waals surface area contributed by atoms with Crippen molar-refractivity contribution in [3.63, 3.8) is 0 Å². The summed E-state index contributed by atoms with van der Waals surface area (Å²) < 4.78 is 10.1. The molecule has 5 nitrogen and oxygen atoms in total. The lowest BCUT2D eigenvalue weighted by molar-refractivity contribution is -0.00408. The standard InChI is InChI=1S/C6H11BO2.C5H9BO3/c1-2-5-4(8)3-6(7)9-5;6-5-1-3(8)4(2-7)9-5/h4-6,8H,2-3H2,1H3;3-5,7-8H,1-2H2/t4-,5+,6+;3-,4+,5+/m00/s1. The Morgan fingerprint density at radius 2 is 1.44 bits per heavy atom. The van der Waals surface area contributed by atoms with Gasteiger partial charge in [0, 0.05) is 12.0 Å². The molecule has 0 aliphatic carbocycles. The van der Waals surface area contributed by atoms with E-state index in [1.807, 2.05) is 6.92 Å². The van der Waals surface area contributed by atoms with Crippen molar-refractivity contribution in [2.24, 2.45) is 0 Å². The molecule has 2 aliphatic heterocycles. The number of hydrogen-bond donors (Lipinski definition) is 3. The zero-order chi connectivity index (χ0) is 13.7. The van der Waals surface area contributed by atoms with Crippen LogP contribution in [0.3, 0.4) is 0 Å². The van der Waals surface area contributed by atoms with E-state index in [1.165, 1.54) is 0 Å². The van der Waals surface area contributed by atoms with E-state index in [1.54, 1.807) is 0 Å². The van der Waals surface area contributed by atoms with Gasteiger partial charge in [-0.25, -0.2) is 0 Å². The first-order chi connectivity index (χ1) is 8.47. The second kappa shape index (κ2) is 7.50. The van der Waals surface area contributed by atoms with Gasteiger partial charge in [0.1, 0.15) is 21.8 Å². The van der Waals surface area contributed by atoms with Gasteiger partial charge in [-0.2, -0.15) is 0 Å². The molecule has 0 aromatic carbocycles. The highest BCUT2D eigenvalue weighted by Gasteiger charge is 2.30. The predicted molar refractivity (Wildman–Crippen MR) is 67.5 cm³/mol. The SMILES string of the molecule is [B][C@H]1C[C@H](O)[C@@H](CC)O1.[B][C@H]1C[C@H](O)[C@@H](CO)O1. The summed E-state index contributed by atoms with van der Waals surface area (Å²) in [5.74, 6) is 0. The molecule has 0 aromatic heterocycles. The Bertz CT molecular complexity index is 219. The predicted octanol–water partition coefficient (Wildman–Crippen LogP) is -1.34. The summed E-state index contributed by atoms with van der Waals surface area (Å²) in [6, 6.07) is -0.651. The molecule has 4 radical (unpaired) electrons. The lowest BCUT2D eigenvalue weighted by Gasteiger charge is -2.09. The van der Waals surface area contributed by atoms with Gasteiger partial charge in [-0.3, -0.25) is 0 Å². The first kappa shape index (κ1) is 16.0. The minimum absolute atomic E-state index is 0.0278. The van der Waals surface area contributed by atoms with Crippen molar-refractivity contribution in [3.05, 3.63) is 0 Å². The van der Waals surface area contributed by atoms with Gasteiger partial charge in [-0.1, -0.05) is 6.92 Å². The van der Waals surface area contributed by atoms with E-state index in [2.05, 4.69) is 0 Å². The fourth-order valence-electron chi connectivity index (χ4n) is 2.05. The Balaban J connectivity index is 0.000000180. The van der Waals surface area contributed by atoms with Crippen LogP contribution < -0.4 is 0 Å². The van der Waals surface area contributed by atoms with Crippen LogP contribution in [0.4, 0.5) is 0 Å². The molecule has 2 aliphatic rings. The quantitative estimate of drug-likeness (QED) is 0.532. The monoisotopic (exact) mass is 254 g/mol. The molecule has 0 saturated carbocycles. The van der Waals surface area contributed by atoms with Crippen LogP contribution in [0, 0.1) is 0 Å². The van der Waals surface area contributed by atoms with Crippen LogP contribution in [0.5, 0.6) is 0 Å². The first-order valence-electron chi connectivity index (χ1n) is 6.27. The van der Waals surface area contributed by atoms with Gasteiger partial charge in [0.15, 0.2) is 0 Å². The summed E-state index contributed by atoms with van der Waals surface area (Å²) in [4.78, 5) is 0. The van der Waals surface area contributed by atoms with Crippen LogP contribution in [0.2, 0.25) is 0 Å². The fourth-order valence-corrected chi connectivity index (χ4v) is 2.05. The minimum Gasteiger partial charge on any atom is -0.394 e. The molecule has 2 heterocycles. The third kappa shape index (κ3) is 4.55. The topological polar surface area (TPSA) is 79.2 Å². The highest BCUT2D eigenvalue weighted by atomic mass is 16.5. The van der Waals surface area contributed by atoms with Gasteiger partial charge >= 0.3 is 0 Å². The van der Waals surface area contributed by atoms with Gasteiger partial charge < -0.3 is 24.8 Å². The zero-order valence-corrected chi connectivity index (χ0v) is 10.6. The van der Waals surface area contributed by atoms with E-state index in [0.717, 1.165) is 6.42 Å². The Hall–Kier alpha value is -0.0701. The van der Waals surface area contributed by atoms with Crippen LogP contribution in [-0.4, -0.2) is 74.0 Å². The number of rotatable bonds is 2. The van der Waals surface area contributed by atoms with Gasteiger partial charge in [-0.15, -0.1) is 0 Å². The van der Waals surface area contributed by atoms with Crippen LogP contribution in [0.1, 0.15) is 26.2 Å². The minimum atomic E-state index is -0.593. The number of hydrogen-bond acceptors (Lipinski definition) is 5. The number of aliphatic hydroxyl groups excluding tert-OH is 3. The smallest absolute Gasteiger partial charge is 0.109 e. The lowest BCUT2D eigenvalue weighted by Crippen LogP contribution is -2.24. The van der Waals surface area contributed by atoms with E-state index in [-0.39, 0.29) is 24.8 Å². The molecule has 2 rings (SSSR count). The van der Waals surface area contributed by atoms with Crippen LogP contribution >= 0.6 is 0 Å². The average molecular weight is 254 g/mol. The summed E-state index contributed by atoms with van der Waals surface area (Å²) in [6.45, 7) is 1.82. The van der Waals surface area contributed by atoms with Crippen LogP contribution in [0.25, 0.3) is 0 Å². The van der Waals surface area contributed by atoms with E-state index >= 15 is 0 Å². The number of aliphatic hydroxyl groups is 3. The summed E-state index contributed by atoms with van der Waals surface area (Å²) in [6.07, 6.45) is 0.411. The molecule has 7 heteroatoms. The van der Waals surface area contributed by atoms with Crippen molar-refractivity contribution in [1.29, 1.82) is 0 Å². The molecule has 0 amide bonds. The molecule has 3 N–H and O–H groups in total. The Morgan fingerprint density at radius 1 is 1.00 bits per heavy atom. The van der Waals surface area contributed by atoms with Crippen molar-refractivity contribution < 1.29 is 24.8 Å². The fraction of sp³-hybridized carbons (Fsp3) is 1.00. The van der Waals surface area contributed by atoms with E-state index < -0.39 is 18.2 Å². The summed E-state index contributed by atoms with van der Waals surface area (Å²) in [7, 11) is 10.7. The molecule has 0 aromatic rings. The molecular weight excluding hydrogens is 234 g/mol. The highest BCUT2D eigenvalue weighted by Crippen LogP contribution is 2.20. The van der Waals surface area contributed by atoms with E-state index in [0.29, 0.717) is 12.8 Å². The van der Waals surface area contributed by atoms with Gasteiger partial charge in [0.05, 0.1) is 24.9 Å². The van der Waals surface area contributed by atoms with E-state index in [9.17, 15) is 0 Å². The Labute approximate surface area is 110 Å². The molecule has 2 saturated heterocycles. The molecule has 0 spiro atoms. The highest BCUT2D eigenvalue weighted by molar-refractivity contribution is 6.11. The Morgan fingerprint density at radius 3 is 1.61 bits per heavy atom. The Kier molecular flexibility index (Phi) is 6.66. The van der Waals surface area contributed by atoms with Crippen molar-refractivity contribution in [2.75, 3.05) is 6.61 Å². The van der Waals surface area contributed by atoms with Gasteiger partial charge in [-0.05, 0) is 19.3 Å². The third-order valence-electron chi connectivity index (χ3n) is 3.09. The molecule has 0 bridgehead atoms. The van der Waals surface area contributed by atoms with Crippen molar-refractivity contribution in [3.8, 4) is 0 Å². The molecule has 18 heavy (non-hydrogen) atoms. The second-order valence-corrected chi connectivity index (χ2v) is 4.62. The summed E-state index contributed by atoms with van der Waals surface area (Å²) in [5, 5.41) is 26.7. The number of ether oxygens (including phenoxy) is 2. The molecule has 6 atom stereocenters.